The molecule has 0 spiro atoms. The van der Waals surface area contributed by atoms with Crippen LogP contribution in [0.15, 0.2) is 18.7 Å². The molecule has 30 heavy (non-hydrogen) atoms. The summed E-state index contributed by atoms with van der Waals surface area (Å²) in [7, 11) is 0. The molecule has 3 aromatic rings. The Balaban J connectivity index is 1.72. The molecule has 0 amide bonds. The third-order valence-electron chi connectivity index (χ3n) is 4.94. The van der Waals surface area contributed by atoms with Crippen LogP contribution < -0.4 is 20.5 Å². The van der Waals surface area contributed by atoms with Crippen molar-refractivity contribution in [2.45, 2.75) is 26.8 Å². The minimum Gasteiger partial charge on any atom is -0.454 e. The second-order valence-corrected chi connectivity index (χ2v) is 7.61. The normalized spacial score (nSPS) is 12.8. The number of aromatic nitrogens is 4. The fourth-order valence-corrected chi connectivity index (χ4v) is 3.50. The minimum absolute atomic E-state index is 0.0299. The highest BCUT2D eigenvalue weighted by atomic mass is 19.1. The second-order valence-electron chi connectivity index (χ2n) is 7.61. The van der Waals surface area contributed by atoms with E-state index >= 15 is 0 Å². The molecule has 0 saturated heterocycles. The van der Waals surface area contributed by atoms with Gasteiger partial charge in [0.05, 0.1) is 0 Å². The van der Waals surface area contributed by atoms with Crippen LogP contribution >= 0.6 is 0 Å². The third kappa shape index (κ3) is 3.93. The van der Waals surface area contributed by atoms with Gasteiger partial charge >= 0.3 is 6.08 Å². The summed E-state index contributed by atoms with van der Waals surface area (Å²) in [6.45, 7) is 10.5. The van der Waals surface area contributed by atoms with E-state index in [1.54, 1.807) is 6.08 Å². The molecular weight excluding hydrogens is 387 g/mol. The highest BCUT2D eigenvalue weighted by molar-refractivity contribution is 5.82. The Morgan fingerprint density at radius 1 is 1.27 bits per heavy atom. The van der Waals surface area contributed by atoms with E-state index in [0.29, 0.717) is 53.9 Å². The van der Waals surface area contributed by atoms with Crippen LogP contribution in [0.2, 0.25) is 0 Å². The quantitative estimate of drug-likeness (QED) is 0.433. The zero-order valence-electron chi connectivity index (χ0n) is 17.1. The second kappa shape index (κ2) is 8.27. The summed E-state index contributed by atoms with van der Waals surface area (Å²) in [6, 6.07) is 3.82. The first-order chi connectivity index (χ1) is 14.5. The Bertz CT molecular complexity index is 1100. The van der Waals surface area contributed by atoms with Crippen molar-refractivity contribution in [3.05, 3.63) is 41.7 Å². The molecule has 1 aliphatic rings. The van der Waals surface area contributed by atoms with Gasteiger partial charge in [0, 0.05) is 19.5 Å². The van der Waals surface area contributed by atoms with Crippen molar-refractivity contribution in [1.82, 2.24) is 24.8 Å². The molecule has 158 valence electrons. The number of nitrogen functional groups attached to an aromatic ring is 1. The summed E-state index contributed by atoms with van der Waals surface area (Å²) in [5, 5.41) is 3.39. The van der Waals surface area contributed by atoms with Crippen LogP contribution in [0.4, 0.5) is 10.2 Å². The lowest BCUT2D eigenvalue weighted by Gasteiger charge is -2.12. The van der Waals surface area contributed by atoms with E-state index in [0.717, 1.165) is 17.7 Å². The molecule has 0 atom stereocenters. The van der Waals surface area contributed by atoms with Gasteiger partial charge in [-0.3, -0.25) is 0 Å². The van der Waals surface area contributed by atoms with Gasteiger partial charge in [-0.2, -0.15) is 14.4 Å². The van der Waals surface area contributed by atoms with Crippen molar-refractivity contribution in [3.8, 4) is 11.5 Å². The average Bonchev–Trinajstić information content (AvgIpc) is 3.29. The maximum Gasteiger partial charge on any atom is 0.312 e. The van der Waals surface area contributed by atoms with Gasteiger partial charge < -0.3 is 25.1 Å². The molecule has 3 heterocycles. The SMILES string of the molecule is C=Cc1cc2c(cc1Cc1nc3c(N)nc(F)nc3n1CCNCC(C)C)OCO2. The van der Waals surface area contributed by atoms with E-state index in [2.05, 4.69) is 40.7 Å². The number of imidazole rings is 1. The Morgan fingerprint density at radius 2 is 2.03 bits per heavy atom. The first-order valence-electron chi connectivity index (χ1n) is 9.90. The van der Waals surface area contributed by atoms with Crippen LogP contribution in [0.5, 0.6) is 11.5 Å². The average molecular weight is 412 g/mol. The first kappa shape index (κ1) is 20.1. The van der Waals surface area contributed by atoms with Crippen LogP contribution in [0.3, 0.4) is 0 Å². The van der Waals surface area contributed by atoms with E-state index in [-0.39, 0.29) is 12.6 Å². The van der Waals surface area contributed by atoms with Crippen LogP contribution in [0.25, 0.3) is 17.2 Å². The molecule has 1 aliphatic heterocycles. The lowest BCUT2D eigenvalue weighted by atomic mass is 10.0. The number of fused-ring (bicyclic) bond motifs is 2. The Hall–Kier alpha value is -3.20. The molecule has 0 bridgehead atoms. The van der Waals surface area contributed by atoms with Crippen molar-refractivity contribution < 1.29 is 13.9 Å². The Kier molecular flexibility index (Phi) is 5.54. The molecule has 9 heteroatoms. The summed E-state index contributed by atoms with van der Waals surface area (Å²) >= 11 is 0. The predicted octanol–water partition coefficient (Wildman–Crippen LogP) is 2.76. The van der Waals surface area contributed by atoms with E-state index in [9.17, 15) is 4.39 Å². The van der Waals surface area contributed by atoms with Crippen molar-refractivity contribution in [2.75, 3.05) is 25.6 Å². The van der Waals surface area contributed by atoms with Crippen molar-refractivity contribution in [3.63, 3.8) is 0 Å². The fourth-order valence-electron chi connectivity index (χ4n) is 3.50. The number of ether oxygens (including phenoxy) is 2. The summed E-state index contributed by atoms with van der Waals surface area (Å²) in [4.78, 5) is 12.2. The molecule has 4 rings (SSSR count). The molecule has 8 nitrogen and oxygen atoms in total. The molecule has 0 aliphatic carbocycles. The topological polar surface area (TPSA) is 100 Å². The number of nitrogens with one attached hydrogen (secondary N) is 1. The first-order valence-corrected chi connectivity index (χ1v) is 9.90. The molecule has 0 saturated carbocycles. The van der Waals surface area contributed by atoms with Gasteiger partial charge in [0.1, 0.15) is 5.82 Å². The van der Waals surface area contributed by atoms with Crippen molar-refractivity contribution in [2.24, 2.45) is 5.92 Å². The predicted molar refractivity (Wildman–Crippen MR) is 113 cm³/mol. The number of benzene rings is 1. The Labute approximate surface area is 173 Å². The van der Waals surface area contributed by atoms with Crippen LogP contribution in [0, 0.1) is 12.0 Å². The van der Waals surface area contributed by atoms with Gasteiger partial charge in [0.2, 0.25) is 6.79 Å². The lowest BCUT2D eigenvalue weighted by Crippen LogP contribution is -2.25. The number of nitrogens with two attached hydrogens (primary N) is 1. The number of anilines is 1. The molecular formula is C21H25FN6O2. The highest BCUT2D eigenvalue weighted by Crippen LogP contribution is 2.36. The lowest BCUT2D eigenvalue weighted by molar-refractivity contribution is 0.174. The van der Waals surface area contributed by atoms with Crippen LogP contribution in [-0.2, 0) is 13.0 Å². The zero-order chi connectivity index (χ0) is 21.3. The van der Waals surface area contributed by atoms with Gasteiger partial charge in [0.25, 0.3) is 0 Å². The largest absolute Gasteiger partial charge is 0.454 e. The standard InChI is InChI=1S/C21H25FN6O2/c1-4-13-7-15-16(30-11-29-15)8-14(13)9-17-25-18-19(23)26-21(22)27-20(18)28(17)6-5-24-10-12(2)3/h4,7-8,12,24H,1,5-6,9-11H2,2-3H3,(H2,23,26,27). The van der Waals surface area contributed by atoms with E-state index in [1.165, 1.54) is 0 Å². The summed E-state index contributed by atoms with van der Waals surface area (Å²) in [5.74, 6) is 2.65. The zero-order valence-corrected chi connectivity index (χ0v) is 17.1. The molecule has 1 aromatic carbocycles. The highest BCUT2D eigenvalue weighted by Gasteiger charge is 2.20. The number of halogens is 1. The fraction of sp³-hybridized carbons (Fsp3) is 0.381. The Morgan fingerprint density at radius 3 is 2.77 bits per heavy atom. The monoisotopic (exact) mass is 412 g/mol. The molecule has 0 fully saturated rings. The number of nitrogens with zero attached hydrogens (tertiary/aromatic N) is 4. The maximum atomic E-state index is 13.9. The number of hydrogen-bond acceptors (Lipinski definition) is 7. The number of hydrogen-bond donors (Lipinski definition) is 2. The van der Waals surface area contributed by atoms with Crippen molar-refractivity contribution in [1.29, 1.82) is 0 Å². The van der Waals surface area contributed by atoms with Crippen molar-refractivity contribution >= 4 is 23.1 Å². The maximum absolute atomic E-state index is 13.9. The van der Waals surface area contributed by atoms with Gasteiger partial charge in [0.15, 0.2) is 28.5 Å². The molecule has 0 radical (unpaired) electrons. The smallest absolute Gasteiger partial charge is 0.312 e. The molecule has 3 N–H and O–H groups in total. The van der Waals surface area contributed by atoms with Gasteiger partial charge in [-0.15, -0.1) is 0 Å². The summed E-state index contributed by atoms with van der Waals surface area (Å²) < 4.78 is 26.7. The number of rotatable bonds is 8. The van der Waals surface area contributed by atoms with Gasteiger partial charge in [-0.1, -0.05) is 26.5 Å². The summed E-state index contributed by atoms with van der Waals surface area (Å²) in [5.41, 5.74) is 8.60. The van der Waals surface area contributed by atoms with Crippen LogP contribution in [-0.4, -0.2) is 39.4 Å². The summed E-state index contributed by atoms with van der Waals surface area (Å²) in [6.07, 6.45) is 1.37. The van der Waals surface area contributed by atoms with Gasteiger partial charge in [-0.25, -0.2) is 4.98 Å². The minimum atomic E-state index is -0.863. The molecule has 2 aromatic heterocycles. The van der Waals surface area contributed by atoms with E-state index < -0.39 is 6.08 Å². The van der Waals surface area contributed by atoms with Crippen LogP contribution in [0.1, 0.15) is 30.8 Å². The molecule has 0 unspecified atom stereocenters. The third-order valence-corrected chi connectivity index (χ3v) is 4.94. The van der Waals surface area contributed by atoms with E-state index in [4.69, 9.17) is 15.2 Å². The van der Waals surface area contributed by atoms with E-state index in [1.807, 2.05) is 16.7 Å². The van der Waals surface area contributed by atoms with Gasteiger partial charge in [-0.05, 0) is 35.7 Å².